The summed E-state index contributed by atoms with van der Waals surface area (Å²) in [7, 11) is 0. The number of halogens is 1. The van der Waals surface area contributed by atoms with Crippen LogP contribution in [0.3, 0.4) is 0 Å². The minimum absolute atomic E-state index is 0.0651. The third-order valence-electron chi connectivity index (χ3n) is 2.90. The molecule has 0 bridgehead atoms. The van der Waals surface area contributed by atoms with Gasteiger partial charge >= 0.3 is 0 Å². The van der Waals surface area contributed by atoms with Gasteiger partial charge in [-0.1, -0.05) is 0 Å². The van der Waals surface area contributed by atoms with Crippen molar-refractivity contribution in [3.63, 3.8) is 0 Å². The van der Waals surface area contributed by atoms with Crippen LogP contribution in [0.15, 0.2) is 6.07 Å². The summed E-state index contributed by atoms with van der Waals surface area (Å²) in [6, 6.07) is 1.94. The van der Waals surface area contributed by atoms with Crippen LogP contribution in [0.2, 0.25) is 0 Å². The van der Waals surface area contributed by atoms with Crippen LogP contribution in [0.5, 0.6) is 0 Å². The highest BCUT2D eigenvalue weighted by Gasteiger charge is 2.18. The van der Waals surface area contributed by atoms with Gasteiger partial charge in [0, 0.05) is 22.6 Å². The Hall–Kier alpha value is -1.42. The second-order valence-corrected chi connectivity index (χ2v) is 5.22. The number of nitrogens with zero attached hydrogens (tertiary/aromatic N) is 4. The Kier molecular flexibility index (Phi) is 3.39. The van der Waals surface area contributed by atoms with Crippen molar-refractivity contribution in [2.75, 3.05) is 0 Å². The Morgan fingerprint density at radius 2 is 1.67 bits per heavy atom. The van der Waals surface area contributed by atoms with Crippen LogP contribution < -0.4 is 0 Å². The van der Waals surface area contributed by atoms with Gasteiger partial charge in [0.25, 0.3) is 5.95 Å². The molecule has 18 heavy (non-hydrogen) atoms. The lowest BCUT2D eigenvalue weighted by molar-refractivity contribution is 0.762. The van der Waals surface area contributed by atoms with E-state index in [0.29, 0.717) is 5.95 Å². The predicted molar refractivity (Wildman–Crippen MR) is 72.4 cm³/mol. The fourth-order valence-electron chi connectivity index (χ4n) is 2.23. The summed E-state index contributed by atoms with van der Waals surface area (Å²) < 4.78 is 1.77. The van der Waals surface area contributed by atoms with E-state index in [9.17, 15) is 0 Å². The molecule has 2 rings (SSSR count). The normalized spacial score (nSPS) is 12.8. The minimum atomic E-state index is -0.0651. The van der Waals surface area contributed by atoms with Crippen molar-refractivity contribution in [3.8, 4) is 5.95 Å². The van der Waals surface area contributed by atoms with Gasteiger partial charge in [0.05, 0.1) is 11.1 Å². The van der Waals surface area contributed by atoms with Gasteiger partial charge in [-0.25, -0.2) is 14.6 Å². The molecule has 0 radical (unpaired) electrons. The van der Waals surface area contributed by atoms with Crippen LogP contribution in [-0.4, -0.2) is 19.7 Å². The van der Waals surface area contributed by atoms with Crippen molar-refractivity contribution in [1.29, 1.82) is 0 Å². The SMILES string of the molecule is Cc1cc(C)nc(-n2nc(C)c(C(C)Cl)c2C)n1. The second kappa shape index (κ2) is 4.69. The molecule has 2 heterocycles. The number of alkyl halides is 1. The van der Waals surface area contributed by atoms with Crippen molar-refractivity contribution < 1.29 is 0 Å². The molecule has 4 nitrogen and oxygen atoms in total. The first-order valence-corrected chi connectivity index (χ1v) is 6.36. The molecule has 0 aliphatic heterocycles. The van der Waals surface area contributed by atoms with Crippen LogP contribution in [-0.2, 0) is 0 Å². The van der Waals surface area contributed by atoms with E-state index in [-0.39, 0.29) is 5.38 Å². The van der Waals surface area contributed by atoms with Gasteiger partial charge < -0.3 is 0 Å². The lowest BCUT2D eigenvalue weighted by Crippen LogP contribution is -2.07. The fourth-order valence-corrected chi connectivity index (χ4v) is 2.54. The topological polar surface area (TPSA) is 43.6 Å². The quantitative estimate of drug-likeness (QED) is 0.783. The van der Waals surface area contributed by atoms with E-state index >= 15 is 0 Å². The Bertz CT molecular complexity index is 567. The van der Waals surface area contributed by atoms with Crippen LogP contribution in [0, 0.1) is 27.7 Å². The summed E-state index contributed by atoms with van der Waals surface area (Å²) in [5, 5.41) is 4.43. The van der Waals surface area contributed by atoms with Crippen molar-refractivity contribution in [2.45, 2.75) is 40.0 Å². The Morgan fingerprint density at radius 1 is 1.11 bits per heavy atom. The first-order chi connectivity index (χ1) is 8.40. The molecule has 0 amide bonds. The third kappa shape index (κ3) is 2.25. The van der Waals surface area contributed by atoms with E-state index in [4.69, 9.17) is 11.6 Å². The number of hydrogen-bond donors (Lipinski definition) is 0. The highest BCUT2D eigenvalue weighted by molar-refractivity contribution is 6.20. The smallest absolute Gasteiger partial charge is 0.216 e. The molecular formula is C13H17ClN4. The zero-order chi connectivity index (χ0) is 13.4. The fraction of sp³-hybridized carbons (Fsp3) is 0.462. The van der Waals surface area contributed by atoms with E-state index < -0.39 is 0 Å². The zero-order valence-electron chi connectivity index (χ0n) is 11.3. The molecule has 0 N–H and O–H groups in total. The van der Waals surface area contributed by atoms with Gasteiger partial charge in [0.15, 0.2) is 0 Å². The number of rotatable bonds is 2. The van der Waals surface area contributed by atoms with E-state index in [1.807, 2.05) is 40.7 Å². The molecule has 1 atom stereocenters. The standard InChI is InChI=1S/C13H17ClN4/c1-7-6-8(2)16-13(15-7)18-11(5)12(9(3)14)10(4)17-18/h6,9H,1-5H3. The van der Waals surface area contributed by atoms with Gasteiger partial charge in [-0.05, 0) is 40.7 Å². The summed E-state index contributed by atoms with van der Waals surface area (Å²) in [6.45, 7) is 9.81. The van der Waals surface area contributed by atoms with Crippen LogP contribution in [0.25, 0.3) is 5.95 Å². The maximum absolute atomic E-state index is 6.18. The predicted octanol–water partition coefficient (Wildman–Crippen LogP) is 3.20. The Labute approximate surface area is 112 Å². The van der Waals surface area contributed by atoms with E-state index in [2.05, 4.69) is 15.1 Å². The van der Waals surface area contributed by atoms with Gasteiger partial charge in [0.2, 0.25) is 0 Å². The van der Waals surface area contributed by atoms with Crippen molar-refractivity contribution in [2.24, 2.45) is 0 Å². The van der Waals surface area contributed by atoms with E-state index in [0.717, 1.165) is 28.3 Å². The first kappa shape index (κ1) is 13.0. The van der Waals surface area contributed by atoms with E-state index in [1.165, 1.54) is 0 Å². The summed E-state index contributed by atoms with van der Waals surface area (Å²) >= 11 is 6.18. The molecule has 1 unspecified atom stereocenters. The van der Waals surface area contributed by atoms with Crippen molar-refractivity contribution >= 4 is 11.6 Å². The van der Waals surface area contributed by atoms with Crippen LogP contribution >= 0.6 is 11.6 Å². The Morgan fingerprint density at radius 3 is 2.11 bits per heavy atom. The molecule has 0 aliphatic carbocycles. The molecule has 0 aliphatic rings. The highest BCUT2D eigenvalue weighted by Crippen LogP contribution is 2.27. The monoisotopic (exact) mass is 264 g/mol. The minimum Gasteiger partial charge on any atom is -0.216 e. The molecule has 5 heteroatoms. The largest absolute Gasteiger partial charge is 0.251 e. The summed E-state index contributed by atoms with van der Waals surface area (Å²) in [4.78, 5) is 8.85. The second-order valence-electron chi connectivity index (χ2n) is 4.56. The Balaban J connectivity index is 2.61. The first-order valence-electron chi connectivity index (χ1n) is 5.93. The van der Waals surface area contributed by atoms with Gasteiger partial charge in [-0.15, -0.1) is 11.6 Å². The molecule has 0 fully saturated rings. The van der Waals surface area contributed by atoms with Crippen LogP contribution in [0.1, 0.15) is 40.6 Å². The lowest BCUT2D eigenvalue weighted by atomic mass is 10.1. The lowest BCUT2D eigenvalue weighted by Gasteiger charge is -2.06. The molecule has 0 saturated heterocycles. The highest BCUT2D eigenvalue weighted by atomic mass is 35.5. The molecule has 0 saturated carbocycles. The molecule has 0 aromatic carbocycles. The average molecular weight is 265 g/mol. The van der Waals surface area contributed by atoms with E-state index in [1.54, 1.807) is 4.68 Å². The summed E-state index contributed by atoms with van der Waals surface area (Å²) in [5.74, 6) is 0.608. The maximum Gasteiger partial charge on any atom is 0.251 e. The summed E-state index contributed by atoms with van der Waals surface area (Å²) in [6.07, 6.45) is 0. The average Bonchev–Trinajstić information content (AvgIpc) is 2.52. The maximum atomic E-state index is 6.18. The number of aryl methyl sites for hydroxylation is 3. The van der Waals surface area contributed by atoms with Gasteiger partial charge in [-0.2, -0.15) is 5.10 Å². The van der Waals surface area contributed by atoms with Crippen LogP contribution in [0.4, 0.5) is 0 Å². The van der Waals surface area contributed by atoms with Crippen molar-refractivity contribution in [3.05, 3.63) is 34.4 Å². The third-order valence-corrected chi connectivity index (χ3v) is 3.12. The van der Waals surface area contributed by atoms with Crippen molar-refractivity contribution in [1.82, 2.24) is 19.7 Å². The molecule has 2 aromatic heterocycles. The number of hydrogen-bond acceptors (Lipinski definition) is 3. The molecule has 0 spiro atoms. The van der Waals surface area contributed by atoms with Gasteiger partial charge in [-0.3, -0.25) is 0 Å². The zero-order valence-corrected chi connectivity index (χ0v) is 12.1. The van der Waals surface area contributed by atoms with Gasteiger partial charge in [0.1, 0.15) is 0 Å². The molecular weight excluding hydrogens is 248 g/mol. The number of aromatic nitrogens is 4. The molecule has 2 aromatic rings. The molecule has 96 valence electrons. The summed E-state index contributed by atoms with van der Waals surface area (Å²) in [5.41, 5.74) is 4.85.